The summed E-state index contributed by atoms with van der Waals surface area (Å²) in [5, 5.41) is 12.8. The van der Waals surface area contributed by atoms with Gasteiger partial charge in [-0.15, -0.1) is 0 Å². The van der Waals surface area contributed by atoms with Gasteiger partial charge in [-0.3, -0.25) is 0 Å². The first kappa shape index (κ1) is 20.0. The Morgan fingerprint density at radius 1 is 1.39 bits per heavy atom. The molecule has 6 nitrogen and oxygen atoms in total. The van der Waals surface area contributed by atoms with Gasteiger partial charge in [0.2, 0.25) is 0 Å². The first-order valence-corrected chi connectivity index (χ1v) is 9.00. The molecule has 8 heteroatoms. The average molecular weight is 387 g/mol. The molecule has 2 N–H and O–H groups in total. The largest absolute Gasteiger partial charge is 0.504 e. The normalized spacial score (nSPS) is 12.9. The second kappa shape index (κ2) is 7.71. The standard InChI is InChI=1S/C20H23BFNO5/c1-11-16-13(10-26-21-16)8-14(24)18(11)27-15-7-5-6-12(17(15)22)9-23-19(25)28-20(2,3)4/h5-8,21,24H,9-10H2,1-4H3,(H,23,25). The molecule has 1 aliphatic heterocycles. The van der Waals surface area contributed by atoms with Crippen molar-refractivity contribution in [3.63, 3.8) is 0 Å². The van der Waals surface area contributed by atoms with Crippen molar-refractivity contribution in [3.05, 3.63) is 46.8 Å². The van der Waals surface area contributed by atoms with Gasteiger partial charge in [0, 0.05) is 12.1 Å². The molecular formula is C20H23BFNO5. The predicted octanol–water partition coefficient (Wildman–Crippen LogP) is 3.16. The molecule has 1 heterocycles. The number of fused-ring (bicyclic) bond motifs is 1. The maximum Gasteiger partial charge on any atom is 0.407 e. The fraction of sp³-hybridized carbons (Fsp3) is 0.350. The summed E-state index contributed by atoms with van der Waals surface area (Å²) in [6, 6.07) is 6.21. The highest BCUT2D eigenvalue weighted by Crippen LogP contribution is 2.36. The predicted molar refractivity (Wildman–Crippen MR) is 104 cm³/mol. The van der Waals surface area contributed by atoms with Crippen molar-refractivity contribution in [2.45, 2.75) is 46.4 Å². The third-order valence-electron chi connectivity index (χ3n) is 4.31. The monoisotopic (exact) mass is 387 g/mol. The molecule has 2 aromatic rings. The molecule has 0 radical (unpaired) electrons. The molecule has 0 bridgehead atoms. The summed E-state index contributed by atoms with van der Waals surface area (Å²) in [5.41, 5.74) is 2.16. The third-order valence-corrected chi connectivity index (χ3v) is 4.31. The van der Waals surface area contributed by atoms with E-state index in [1.54, 1.807) is 45.9 Å². The van der Waals surface area contributed by atoms with Crippen molar-refractivity contribution in [2.24, 2.45) is 0 Å². The van der Waals surface area contributed by atoms with Crippen LogP contribution in [-0.4, -0.2) is 24.3 Å². The molecule has 28 heavy (non-hydrogen) atoms. The summed E-state index contributed by atoms with van der Waals surface area (Å²) in [5.74, 6) is -0.534. The number of aromatic hydroxyl groups is 1. The van der Waals surface area contributed by atoms with Gasteiger partial charge in [-0.1, -0.05) is 12.1 Å². The lowest BCUT2D eigenvalue weighted by molar-refractivity contribution is 0.0523. The molecular weight excluding hydrogens is 364 g/mol. The number of benzene rings is 2. The number of hydrogen-bond acceptors (Lipinski definition) is 5. The Kier molecular flexibility index (Phi) is 5.51. The van der Waals surface area contributed by atoms with E-state index in [0.717, 1.165) is 11.0 Å². The van der Waals surface area contributed by atoms with Crippen LogP contribution in [0.5, 0.6) is 17.2 Å². The Labute approximate surface area is 163 Å². The van der Waals surface area contributed by atoms with Crippen molar-refractivity contribution < 1.29 is 28.4 Å². The van der Waals surface area contributed by atoms with Gasteiger partial charge in [-0.05, 0) is 56.4 Å². The van der Waals surface area contributed by atoms with E-state index in [2.05, 4.69) is 5.32 Å². The minimum Gasteiger partial charge on any atom is -0.504 e. The highest BCUT2D eigenvalue weighted by molar-refractivity contribution is 6.49. The Bertz CT molecular complexity index is 910. The summed E-state index contributed by atoms with van der Waals surface area (Å²) < 4.78 is 31.1. The van der Waals surface area contributed by atoms with E-state index in [9.17, 15) is 14.3 Å². The van der Waals surface area contributed by atoms with E-state index in [-0.39, 0.29) is 29.4 Å². The van der Waals surface area contributed by atoms with Crippen LogP contribution in [0.4, 0.5) is 9.18 Å². The summed E-state index contributed by atoms with van der Waals surface area (Å²) in [7, 11) is 0.431. The van der Waals surface area contributed by atoms with Gasteiger partial charge in [-0.2, -0.15) is 0 Å². The van der Waals surface area contributed by atoms with E-state index in [0.29, 0.717) is 19.7 Å². The minimum absolute atomic E-state index is 0.0410. The third kappa shape index (κ3) is 4.39. The first-order chi connectivity index (χ1) is 13.2. The first-order valence-electron chi connectivity index (χ1n) is 9.00. The Hall–Kier alpha value is -2.74. The van der Waals surface area contributed by atoms with Crippen molar-refractivity contribution in [1.29, 1.82) is 0 Å². The van der Waals surface area contributed by atoms with E-state index < -0.39 is 17.5 Å². The number of phenols is 1. The molecule has 0 spiro atoms. The number of amides is 1. The molecule has 0 saturated carbocycles. The number of carbonyl (C=O) groups excluding carboxylic acids is 1. The van der Waals surface area contributed by atoms with Crippen LogP contribution < -0.4 is 15.5 Å². The Morgan fingerprint density at radius 2 is 2.14 bits per heavy atom. The van der Waals surface area contributed by atoms with Crippen LogP contribution in [0.2, 0.25) is 0 Å². The van der Waals surface area contributed by atoms with Crippen LogP contribution in [0.25, 0.3) is 0 Å². The molecule has 0 fully saturated rings. The van der Waals surface area contributed by atoms with Gasteiger partial charge in [0.25, 0.3) is 0 Å². The fourth-order valence-electron chi connectivity index (χ4n) is 2.97. The van der Waals surface area contributed by atoms with Gasteiger partial charge < -0.3 is 24.6 Å². The van der Waals surface area contributed by atoms with Gasteiger partial charge in [0.1, 0.15) is 5.60 Å². The SMILES string of the molecule is Cc1c2c(cc(O)c1Oc1cccc(CNC(=O)OC(C)(C)C)c1F)COB2. The number of halogens is 1. The maximum atomic E-state index is 14.9. The lowest BCUT2D eigenvalue weighted by Crippen LogP contribution is -2.32. The van der Waals surface area contributed by atoms with Crippen LogP contribution in [0, 0.1) is 12.7 Å². The number of hydrogen-bond donors (Lipinski definition) is 2. The molecule has 0 unspecified atom stereocenters. The van der Waals surface area contributed by atoms with E-state index in [4.69, 9.17) is 14.1 Å². The van der Waals surface area contributed by atoms with Crippen molar-refractivity contribution in [1.82, 2.24) is 5.32 Å². The lowest BCUT2D eigenvalue weighted by Gasteiger charge is -2.20. The average Bonchev–Trinajstić information content (AvgIpc) is 3.05. The van der Waals surface area contributed by atoms with Crippen LogP contribution in [0.3, 0.4) is 0 Å². The topological polar surface area (TPSA) is 77.0 Å². The zero-order valence-electron chi connectivity index (χ0n) is 16.4. The van der Waals surface area contributed by atoms with Crippen molar-refractivity contribution >= 4 is 19.0 Å². The van der Waals surface area contributed by atoms with Crippen LogP contribution in [0.1, 0.15) is 37.5 Å². The number of ether oxygens (including phenoxy) is 2. The van der Waals surface area contributed by atoms with E-state index >= 15 is 0 Å². The molecule has 0 aromatic heterocycles. The lowest BCUT2D eigenvalue weighted by atomic mass is 9.83. The molecule has 1 amide bonds. The number of rotatable bonds is 4. The Morgan fingerprint density at radius 3 is 2.86 bits per heavy atom. The zero-order chi connectivity index (χ0) is 20.5. The van der Waals surface area contributed by atoms with Gasteiger partial charge in [0.15, 0.2) is 23.1 Å². The summed E-state index contributed by atoms with van der Waals surface area (Å²) in [4.78, 5) is 11.8. The van der Waals surface area contributed by atoms with E-state index in [1.807, 2.05) is 0 Å². The van der Waals surface area contributed by atoms with Gasteiger partial charge in [-0.25, -0.2) is 9.18 Å². The highest BCUT2D eigenvalue weighted by atomic mass is 19.1. The number of alkyl carbamates (subject to hydrolysis) is 1. The number of phenolic OH excluding ortho intramolecular Hbond substituents is 1. The quantitative estimate of drug-likeness (QED) is 0.789. The Balaban J connectivity index is 1.78. The molecule has 0 atom stereocenters. The summed E-state index contributed by atoms with van der Waals surface area (Å²) >= 11 is 0. The maximum absolute atomic E-state index is 14.9. The van der Waals surface area contributed by atoms with Crippen LogP contribution >= 0.6 is 0 Å². The highest BCUT2D eigenvalue weighted by Gasteiger charge is 2.23. The molecule has 3 rings (SSSR count). The number of carbonyl (C=O) groups is 1. The zero-order valence-corrected chi connectivity index (χ0v) is 16.4. The van der Waals surface area contributed by atoms with Crippen LogP contribution in [-0.2, 0) is 22.5 Å². The summed E-state index contributed by atoms with van der Waals surface area (Å²) in [6.07, 6.45) is -0.634. The molecule has 148 valence electrons. The molecule has 0 saturated heterocycles. The van der Waals surface area contributed by atoms with Crippen molar-refractivity contribution in [3.8, 4) is 17.2 Å². The second-order valence-electron chi connectivity index (χ2n) is 7.67. The molecule has 1 aliphatic rings. The van der Waals surface area contributed by atoms with Gasteiger partial charge in [0.05, 0.1) is 6.61 Å². The summed E-state index contributed by atoms with van der Waals surface area (Å²) in [6.45, 7) is 7.42. The van der Waals surface area contributed by atoms with E-state index in [1.165, 1.54) is 6.07 Å². The minimum atomic E-state index is -0.639. The second-order valence-corrected chi connectivity index (χ2v) is 7.67. The smallest absolute Gasteiger partial charge is 0.407 e. The van der Waals surface area contributed by atoms with Crippen LogP contribution in [0.15, 0.2) is 24.3 Å². The van der Waals surface area contributed by atoms with Gasteiger partial charge >= 0.3 is 13.6 Å². The molecule has 0 aliphatic carbocycles. The van der Waals surface area contributed by atoms with Crippen molar-refractivity contribution in [2.75, 3.05) is 0 Å². The fourth-order valence-corrected chi connectivity index (χ4v) is 2.97. The number of nitrogens with one attached hydrogen (secondary N) is 1. The molecule has 2 aromatic carbocycles.